The van der Waals surface area contributed by atoms with Gasteiger partial charge >= 0.3 is 0 Å². The maximum Gasteiger partial charge on any atom is 0.252 e. The molecule has 2 rings (SSSR count). The van der Waals surface area contributed by atoms with Gasteiger partial charge in [0, 0.05) is 29.9 Å². The van der Waals surface area contributed by atoms with E-state index in [9.17, 15) is 8.42 Å². The van der Waals surface area contributed by atoms with Gasteiger partial charge in [0.25, 0.3) is 10.0 Å². The lowest BCUT2D eigenvalue weighted by Gasteiger charge is -2.14. The molecule has 2 aromatic heterocycles. The molecule has 2 heterocycles. The number of nitrogens with one attached hydrogen (secondary N) is 1. The van der Waals surface area contributed by atoms with Gasteiger partial charge in [-0.15, -0.1) is 22.7 Å². The molecule has 0 radical (unpaired) electrons. The Labute approximate surface area is 133 Å². The topological polar surface area (TPSA) is 62.3 Å². The molecule has 0 aromatic carbocycles. The molecule has 0 bridgehead atoms. The second-order valence-corrected chi connectivity index (χ2v) is 9.16. The van der Waals surface area contributed by atoms with Crippen molar-refractivity contribution < 1.29 is 8.42 Å². The molecule has 0 aliphatic heterocycles. The first-order chi connectivity index (χ1) is 9.89. The van der Waals surface area contributed by atoms with Crippen LogP contribution in [0.4, 0.5) is 0 Å². The van der Waals surface area contributed by atoms with E-state index >= 15 is 0 Å². The van der Waals surface area contributed by atoms with Gasteiger partial charge < -0.3 is 5.32 Å². The average Bonchev–Trinajstić information content (AvgIpc) is 3.07. The van der Waals surface area contributed by atoms with Gasteiger partial charge in [-0.25, -0.2) is 13.4 Å². The molecule has 21 heavy (non-hydrogen) atoms. The van der Waals surface area contributed by atoms with E-state index in [4.69, 9.17) is 0 Å². The van der Waals surface area contributed by atoms with E-state index in [1.165, 1.54) is 27.0 Å². The lowest BCUT2D eigenvalue weighted by atomic mass is 10.4. The maximum absolute atomic E-state index is 12.5. The van der Waals surface area contributed by atoms with Gasteiger partial charge in [-0.05, 0) is 12.1 Å². The predicted molar refractivity (Wildman–Crippen MR) is 87.1 cm³/mol. The van der Waals surface area contributed by atoms with E-state index in [0.717, 1.165) is 10.6 Å². The second kappa shape index (κ2) is 6.97. The van der Waals surface area contributed by atoms with E-state index in [1.54, 1.807) is 18.6 Å². The number of rotatable bonds is 7. The molecule has 0 spiro atoms. The Morgan fingerprint density at radius 3 is 2.76 bits per heavy atom. The molecule has 0 aliphatic rings. The Balaban J connectivity index is 2.08. The fourth-order valence-electron chi connectivity index (χ4n) is 1.68. The van der Waals surface area contributed by atoms with Crippen LogP contribution in [0.3, 0.4) is 0 Å². The molecule has 0 saturated carbocycles. The molecule has 1 N–H and O–H groups in total. The smallest absolute Gasteiger partial charge is 0.252 e. The maximum atomic E-state index is 12.5. The summed E-state index contributed by atoms with van der Waals surface area (Å²) in [5, 5.41) is 5.15. The number of nitrogens with zero attached hydrogens (tertiary/aromatic N) is 2. The highest BCUT2D eigenvalue weighted by atomic mass is 32.2. The third-order valence-electron chi connectivity index (χ3n) is 2.85. The Morgan fingerprint density at radius 1 is 1.38 bits per heavy atom. The van der Waals surface area contributed by atoms with E-state index in [2.05, 4.69) is 24.1 Å². The fraction of sp³-hybridized carbons (Fsp3) is 0.462. The SMILES string of the molecule is CC(C)NCc1ccc(S(=O)(=O)N(C)Cc2cscn2)s1. The summed E-state index contributed by atoms with van der Waals surface area (Å²) in [7, 11) is -1.86. The minimum Gasteiger partial charge on any atom is -0.310 e. The van der Waals surface area contributed by atoms with Crippen molar-refractivity contribution in [3.63, 3.8) is 0 Å². The van der Waals surface area contributed by atoms with Crippen LogP contribution in [-0.2, 0) is 23.1 Å². The summed E-state index contributed by atoms with van der Waals surface area (Å²) in [5.41, 5.74) is 2.47. The summed E-state index contributed by atoms with van der Waals surface area (Å²) in [6, 6.07) is 3.91. The van der Waals surface area contributed by atoms with Crippen LogP contribution >= 0.6 is 22.7 Å². The van der Waals surface area contributed by atoms with Crippen LogP contribution in [0.2, 0.25) is 0 Å². The number of thiazole rings is 1. The molecule has 0 unspecified atom stereocenters. The minimum absolute atomic E-state index is 0.295. The van der Waals surface area contributed by atoms with Crippen LogP contribution in [0.15, 0.2) is 27.2 Å². The molecule has 0 fully saturated rings. The van der Waals surface area contributed by atoms with Crippen molar-refractivity contribution in [2.24, 2.45) is 0 Å². The molecule has 2 aromatic rings. The molecular weight excluding hydrogens is 326 g/mol. The zero-order valence-electron chi connectivity index (χ0n) is 12.2. The van der Waals surface area contributed by atoms with Gasteiger partial charge in [0.1, 0.15) is 4.21 Å². The standard InChI is InChI=1S/C13H19N3O2S3/c1-10(2)14-6-12-4-5-13(20-12)21(17,18)16(3)7-11-8-19-9-15-11/h4-5,8-10,14H,6-7H2,1-3H3. The molecule has 8 heteroatoms. The number of hydrogen-bond acceptors (Lipinski definition) is 6. The van der Waals surface area contributed by atoms with Gasteiger partial charge in [-0.3, -0.25) is 0 Å². The van der Waals surface area contributed by atoms with Crippen LogP contribution < -0.4 is 5.32 Å². The summed E-state index contributed by atoms with van der Waals surface area (Å²) >= 11 is 2.78. The average molecular weight is 346 g/mol. The summed E-state index contributed by atoms with van der Waals surface area (Å²) in [6.07, 6.45) is 0. The molecule has 0 aliphatic carbocycles. The van der Waals surface area contributed by atoms with Crippen molar-refractivity contribution in [2.45, 2.75) is 37.2 Å². The summed E-state index contributed by atoms with van der Waals surface area (Å²) < 4.78 is 26.7. The van der Waals surface area contributed by atoms with Crippen LogP contribution in [0.5, 0.6) is 0 Å². The van der Waals surface area contributed by atoms with Crippen molar-refractivity contribution in [1.82, 2.24) is 14.6 Å². The van der Waals surface area contributed by atoms with E-state index < -0.39 is 10.0 Å². The van der Waals surface area contributed by atoms with Gasteiger partial charge in [-0.2, -0.15) is 4.31 Å². The molecule has 0 amide bonds. The monoisotopic (exact) mass is 345 g/mol. The summed E-state index contributed by atoms with van der Waals surface area (Å²) in [5.74, 6) is 0. The predicted octanol–water partition coefficient (Wildman–Crippen LogP) is 2.52. The lowest BCUT2D eigenvalue weighted by Crippen LogP contribution is -2.26. The first-order valence-electron chi connectivity index (χ1n) is 6.55. The summed E-state index contributed by atoms with van der Waals surface area (Å²) in [6.45, 7) is 5.11. The van der Waals surface area contributed by atoms with Gasteiger partial charge in [0.15, 0.2) is 0 Å². The number of aromatic nitrogens is 1. The third kappa shape index (κ3) is 4.33. The fourth-order valence-corrected chi connectivity index (χ4v) is 4.89. The second-order valence-electron chi connectivity index (χ2n) is 5.00. The Kier molecular flexibility index (Phi) is 5.50. The number of sulfonamides is 1. The van der Waals surface area contributed by atoms with Crippen molar-refractivity contribution in [3.8, 4) is 0 Å². The third-order valence-corrected chi connectivity index (χ3v) is 6.85. The highest BCUT2D eigenvalue weighted by Gasteiger charge is 2.23. The Bertz CT molecular complexity index is 663. The van der Waals surface area contributed by atoms with Crippen molar-refractivity contribution in [1.29, 1.82) is 0 Å². The van der Waals surface area contributed by atoms with E-state index in [-0.39, 0.29) is 0 Å². The number of thiophene rings is 1. The first kappa shape index (κ1) is 16.6. The highest BCUT2D eigenvalue weighted by molar-refractivity contribution is 7.91. The summed E-state index contributed by atoms with van der Waals surface area (Å²) in [4.78, 5) is 5.14. The van der Waals surface area contributed by atoms with Crippen LogP contribution in [0.25, 0.3) is 0 Å². The zero-order chi connectivity index (χ0) is 15.5. The quantitative estimate of drug-likeness (QED) is 0.837. The van der Waals surface area contributed by atoms with Crippen LogP contribution in [0, 0.1) is 0 Å². The Morgan fingerprint density at radius 2 is 2.14 bits per heavy atom. The molecule has 0 saturated heterocycles. The number of hydrogen-bond donors (Lipinski definition) is 1. The van der Waals surface area contributed by atoms with Gasteiger partial charge in [0.05, 0.1) is 17.7 Å². The van der Waals surface area contributed by atoms with Crippen molar-refractivity contribution >= 4 is 32.7 Å². The highest BCUT2D eigenvalue weighted by Crippen LogP contribution is 2.25. The Hall–Kier alpha value is -0.800. The molecule has 5 nitrogen and oxygen atoms in total. The van der Waals surface area contributed by atoms with Crippen molar-refractivity contribution in [3.05, 3.63) is 33.6 Å². The van der Waals surface area contributed by atoms with Crippen LogP contribution in [-0.4, -0.2) is 30.8 Å². The molecule has 0 atom stereocenters. The van der Waals surface area contributed by atoms with E-state index in [1.807, 2.05) is 11.4 Å². The largest absolute Gasteiger partial charge is 0.310 e. The van der Waals surface area contributed by atoms with Gasteiger partial charge in [-0.1, -0.05) is 13.8 Å². The zero-order valence-corrected chi connectivity index (χ0v) is 14.7. The molecule has 116 valence electrons. The first-order valence-corrected chi connectivity index (χ1v) is 9.75. The van der Waals surface area contributed by atoms with Gasteiger partial charge in [0.2, 0.25) is 0 Å². The van der Waals surface area contributed by atoms with Crippen LogP contribution in [0.1, 0.15) is 24.4 Å². The normalized spacial score (nSPS) is 12.4. The molecular formula is C13H19N3O2S3. The van der Waals surface area contributed by atoms with Crippen molar-refractivity contribution in [2.75, 3.05) is 7.05 Å². The van der Waals surface area contributed by atoms with E-state index in [0.29, 0.717) is 23.3 Å². The lowest BCUT2D eigenvalue weighted by molar-refractivity contribution is 0.464. The minimum atomic E-state index is -3.44.